The first-order chi connectivity index (χ1) is 9.60. The van der Waals surface area contributed by atoms with Crippen molar-refractivity contribution in [2.75, 3.05) is 11.9 Å². The zero-order chi connectivity index (χ0) is 14.5. The standard InChI is InChI=1S/C16H22N4/c1-4-13-5-7-15(8-6-13)20(3)16-18-10-14(11-19-16)9-12(2)17/h5-8,10-12H,4,9,17H2,1-3H3. The summed E-state index contributed by atoms with van der Waals surface area (Å²) in [5.74, 6) is 0.697. The van der Waals surface area contributed by atoms with Gasteiger partial charge in [0.2, 0.25) is 5.95 Å². The van der Waals surface area contributed by atoms with Gasteiger partial charge in [0.25, 0.3) is 0 Å². The predicted octanol–water partition coefficient (Wildman–Crippen LogP) is 2.70. The molecule has 4 heteroatoms. The molecule has 4 nitrogen and oxygen atoms in total. The number of anilines is 2. The number of aryl methyl sites for hydroxylation is 1. The van der Waals surface area contributed by atoms with Crippen LogP contribution < -0.4 is 10.6 Å². The molecule has 0 bridgehead atoms. The topological polar surface area (TPSA) is 55.0 Å². The lowest BCUT2D eigenvalue weighted by Crippen LogP contribution is -2.18. The molecule has 2 rings (SSSR count). The molecule has 1 heterocycles. The highest BCUT2D eigenvalue weighted by molar-refractivity contribution is 5.56. The number of rotatable bonds is 5. The highest BCUT2D eigenvalue weighted by Gasteiger charge is 2.07. The van der Waals surface area contributed by atoms with Crippen molar-refractivity contribution in [2.24, 2.45) is 5.73 Å². The van der Waals surface area contributed by atoms with Crippen LogP contribution in [0.2, 0.25) is 0 Å². The molecule has 0 saturated carbocycles. The number of benzene rings is 1. The van der Waals surface area contributed by atoms with Gasteiger partial charge in [-0.3, -0.25) is 0 Å². The van der Waals surface area contributed by atoms with E-state index in [4.69, 9.17) is 5.73 Å². The van der Waals surface area contributed by atoms with Crippen molar-refractivity contribution in [2.45, 2.75) is 32.7 Å². The van der Waals surface area contributed by atoms with Gasteiger partial charge in [-0.15, -0.1) is 0 Å². The average Bonchev–Trinajstić information content (AvgIpc) is 2.47. The van der Waals surface area contributed by atoms with E-state index in [1.165, 1.54) is 5.56 Å². The predicted molar refractivity (Wildman–Crippen MR) is 83.3 cm³/mol. The van der Waals surface area contributed by atoms with E-state index in [0.29, 0.717) is 5.95 Å². The molecule has 2 N–H and O–H groups in total. The lowest BCUT2D eigenvalue weighted by atomic mass is 10.1. The third-order valence-corrected chi connectivity index (χ3v) is 3.28. The molecule has 1 aromatic heterocycles. The van der Waals surface area contributed by atoms with E-state index in [1.807, 2.05) is 31.3 Å². The van der Waals surface area contributed by atoms with Crippen molar-refractivity contribution in [3.05, 3.63) is 47.8 Å². The third kappa shape index (κ3) is 3.54. The molecule has 0 aliphatic heterocycles. The molecule has 0 amide bonds. The van der Waals surface area contributed by atoms with Crippen molar-refractivity contribution in [3.63, 3.8) is 0 Å². The Morgan fingerprint density at radius 1 is 1.10 bits per heavy atom. The van der Waals surface area contributed by atoms with Crippen molar-refractivity contribution in [3.8, 4) is 0 Å². The summed E-state index contributed by atoms with van der Waals surface area (Å²) in [6.07, 6.45) is 5.55. The number of nitrogens with zero attached hydrogens (tertiary/aromatic N) is 3. The van der Waals surface area contributed by atoms with Crippen LogP contribution in [0.5, 0.6) is 0 Å². The minimum absolute atomic E-state index is 0.128. The number of hydrogen-bond acceptors (Lipinski definition) is 4. The van der Waals surface area contributed by atoms with Gasteiger partial charge in [0.1, 0.15) is 0 Å². The Labute approximate surface area is 120 Å². The third-order valence-electron chi connectivity index (χ3n) is 3.28. The SMILES string of the molecule is CCc1ccc(N(C)c2ncc(CC(C)N)cn2)cc1. The normalized spacial score (nSPS) is 12.2. The fourth-order valence-corrected chi connectivity index (χ4v) is 2.07. The lowest BCUT2D eigenvalue weighted by Gasteiger charge is -2.17. The summed E-state index contributed by atoms with van der Waals surface area (Å²) in [5.41, 5.74) is 9.26. The second-order valence-electron chi connectivity index (χ2n) is 5.15. The second-order valence-corrected chi connectivity index (χ2v) is 5.15. The Balaban J connectivity index is 2.13. The van der Waals surface area contributed by atoms with Gasteiger partial charge < -0.3 is 10.6 Å². The first kappa shape index (κ1) is 14.5. The number of nitrogens with two attached hydrogens (primary N) is 1. The van der Waals surface area contributed by atoms with Gasteiger partial charge >= 0.3 is 0 Å². The largest absolute Gasteiger partial charge is 0.328 e. The molecule has 1 aromatic carbocycles. The van der Waals surface area contributed by atoms with E-state index in [0.717, 1.165) is 24.1 Å². The molecule has 0 aliphatic rings. The Morgan fingerprint density at radius 3 is 2.20 bits per heavy atom. The van der Waals surface area contributed by atoms with Crippen LogP contribution in [0.3, 0.4) is 0 Å². The van der Waals surface area contributed by atoms with E-state index in [1.54, 1.807) is 0 Å². The van der Waals surface area contributed by atoms with Crippen LogP contribution in [-0.4, -0.2) is 23.1 Å². The van der Waals surface area contributed by atoms with Crippen LogP contribution in [0, 0.1) is 0 Å². The van der Waals surface area contributed by atoms with E-state index in [9.17, 15) is 0 Å². The van der Waals surface area contributed by atoms with Gasteiger partial charge in [-0.1, -0.05) is 19.1 Å². The fourth-order valence-electron chi connectivity index (χ4n) is 2.07. The molecule has 106 valence electrons. The second kappa shape index (κ2) is 6.48. The minimum Gasteiger partial charge on any atom is -0.328 e. The number of hydrogen-bond donors (Lipinski definition) is 1. The summed E-state index contributed by atoms with van der Waals surface area (Å²) < 4.78 is 0. The molecule has 2 aromatic rings. The van der Waals surface area contributed by atoms with Gasteiger partial charge in [0, 0.05) is 31.2 Å². The lowest BCUT2D eigenvalue weighted by molar-refractivity contribution is 0.732. The minimum atomic E-state index is 0.128. The molecular weight excluding hydrogens is 248 g/mol. The van der Waals surface area contributed by atoms with Gasteiger partial charge in [-0.2, -0.15) is 0 Å². The summed E-state index contributed by atoms with van der Waals surface area (Å²) >= 11 is 0. The summed E-state index contributed by atoms with van der Waals surface area (Å²) in [7, 11) is 1.97. The molecule has 1 unspecified atom stereocenters. The van der Waals surface area contributed by atoms with Crippen molar-refractivity contribution in [1.82, 2.24) is 9.97 Å². The molecule has 0 radical (unpaired) electrons. The van der Waals surface area contributed by atoms with E-state index in [2.05, 4.69) is 41.2 Å². The monoisotopic (exact) mass is 270 g/mol. The zero-order valence-electron chi connectivity index (χ0n) is 12.4. The number of aromatic nitrogens is 2. The Hall–Kier alpha value is -1.94. The quantitative estimate of drug-likeness (QED) is 0.907. The molecule has 0 aliphatic carbocycles. The molecule has 0 fully saturated rings. The molecular formula is C16H22N4. The molecule has 1 atom stereocenters. The van der Waals surface area contributed by atoms with Crippen molar-refractivity contribution in [1.29, 1.82) is 0 Å². The van der Waals surface area contributed by atoms with Crippen LogP contribution in [0.4, 0.5) is 11.6 Å². The molecule has 0 spiro atoms. The maximum absolute atomic E-state index is 5.77. The summed E-state index contributed by atoms with van der Waals surface area (Å²) in [5, 5.41) is 0. The van der Waals surface area contributed by atoms with Gasteiger partial charge in [-0.25, -0.2) is 9.97 Å². The van der Waals surface area contributed by atoms with Crippen molar-refractivity contribution >= 4 is 11.6 Å². The van der Waals surface area contributed by atoms with Gasteiger partial charge in [0.05, 0.1) is 0 Å². The summed E-state index contributed by atoms with van der Waals surface area (Å²) in [6, 6.07) is 8.59. The molecule has 20 heavy (non-hydrogen) atoms. The van der Waals surface area contributed by atoms with Crippen molar-refractivity contribution < 1.29 is 0 Å². The van der Waals surface area contributed by atoms with Crippen LogP contribution in [-0.2, 0) is 12.8 Å². The first-order valence-electron chi connectivity index (χ1n) is 6.99. The maximum atomic E-state index is 5.77. The summed E-state index contributed by atoms with van der Waals surface area (Å²) in [6.45, 7) is 4.13. The van der Waals surface area contributed by atoms with E-state index >= 15 is 0 Å². The smallest absolute Gasteiger partial charge is 0.229 e. The van der Waals surface area contributed by atoms with E-state index in [-0.39, 0.29) is 6.04 Å². The van der Waals surface area contributed by atoms with Gasteiger partial charge in [-0.05, 0) is 43.0 Å². The Morgan fingerprint density at radius 2 is 1.70 bits per heavy atom. The van der Waals surface area contributed by atoms with Crippen LogP contribution >= 0.6 is 0 Å². The summed E-state index contributed by atoms with van der Waals surface area (Å²) in [4.78, 5) is 10.8. The maximum Gasteiger partial charge on any atom is 0.229 e. The average molecular weight is 270 g/mol. The zero-order valence-corrected chi connectivity index (χ0v) is 12.4. The Bertz CT molecular complexity index is 531. The highest BCUT2D eigenvalue weighted by atomic mass is 15.2. The fraction of sp³-hybridized carbons (Fsp3) is 0.375. The van der Waals surface area contributed by atoms with Gasteiger partial charge in [0.15, 0.2) is 0 Å². The molecule has 0 saturated heterocycles. The van der Waals surface area contributed by atoms with E-state index < -0.39 is 0 Å². The van der Waals surface area contributed by atoms with Crippen LogP contribution in [0.1, 0.15) is 25.0 Å². The van der Waals surface area contributed by atoms with Crippen LogP contribution in [0.25, 0.3) is 0 Å². The Kier molecular flexibility index (Phi) is 4.69. The van der Waals surface area contributed by atoms with Crippen LogP contribution in [0.15, 0.2) is 36.7 Å². The first-order valence-corrected chi connectivity index (χ1v) is 6.99. The highest BCUT2D eigenvalue weighted by Crippen LogP contribution is 2.20.